The van der Waals surface area contributed by atoms with E-state index in [0.29, 0.717) is 29.3 Å². The number of alkyl halides is 1. The van der Waals surface area contributed by atoms with Crippen molar-refractivity contribution in [1.82, 2.24) is 0 Å². The summed E-state index contributed by atoms with van der Waals surface area (Å²) < 4.78 is 13.3. The molecule has 0 spiro atoms. The van der Waals surface area contributed by atoms with E-state index in [1.165, 1.54) is 6.07 Å². The quantitative estimate of drug-likeness (QED) is 0.596. The number of halogens is 4. The van der Waals surface area contributed by atoms with Crippen molar-refractivity contribution in [3.63, 3.8) is 0 Å². The smallest absolute Gasteiger partial charge is 0.255 e. The standard InChI is InChI=1S/C10H8Cl3FO/c11-5-1-2-6-7(12)3-4-8(14)9(6)10(13)15/h3-4H,1-2,5H2. The molecule has 0 N–H and O–H groups in total. The van der Waals surface area contributed by atoms with Gasteiger partial charge in [-0.2, -0.15) is 0 Å². The number of rotatable bonds is 4. The molecule has 0 radical (unpaired) electrons. The highest BCUT2D eigenvalue weighted by Crippen LogP contribution is 2.25. The highest BCUT2D eigenvalue weighted by Gasteiger charge is 2.17. The van der Waals surface area contributed by atoms with Gasteiger partial charge in [0.05, 0.1) is 5.56 Å². The van der Waals surface area contributed by atoms with Crippen molar-refractivity contribution >= 4 is 40.0 Å². The van der Waals surface area contributed by atoms with Gasteiger partial charge in [-0.05, 0) is 42.1 Å². The summed E-state index contributed by atoms with van der Waals surface area (Å²) in [7, 11) is 0. The summed E-state index contributed by atoms with van der Waals surface area (Å²) in [6.45, 7) is 0. The number of benzene rings is 1. The molecular weight excluding hydrogens is 261 g/mol. The first-order valence-electron chi connectivity index (χ1n) is 4.30. The lowest BCUT2D eigenvalue weighted by Gasteiger charge is -2.08. The van der Waals surface area contributed by atoms with Crippen LogP contribution in [0.15, 0.2) is 12.1 Å². The molecule has 0 amide bonds. The molecule has 0 aliphatic heterocycles. The van der Waals surface area contributed by atoms with Crippen LogP contribution in [0.25, 0.3) is 0 Å². The third kappa shape index (κ3) is 3.07. The predicted octanol–water partition coefficient (Wildman–Crippen LogP) is 4.03. The lowest BCUT2D eigenvalue weighted by atomic mass is 10.0. The summed E-state index contributed by atoms with van der Waals surface area (Å²) in [5.41, 5.74) is 0.284. The van der Waals surface area contributed by atoms with Gasteiger partial charge in [-0.25, -0.2) is 4.39 Å². The minimum atomic E-state index is -0.834. The molecule has 0 atom stereocenters. The fourth-order valence-electron chi connectivity index (χ4n) is 1.29. The summed E-state index contributed by atoms with van der Waals surface area (Å²) in [6, 6.07) is 2.53. The Bertz CT molecular complexity index is 379. The Morgan fingerprint density at radius 3 is 2.60 bits per heavy atom. The van der Waals surface area contributed by atoms with Crippen LogP contribution in [0.3, 0.4) is 0 Å². The molecule has 0 heterocycles. The first-order valence-corrected chi connectivity index (χ1v) is 5.59. The lowest BCUT2D eigenvalue weighted by molar-refractivity contribution is 0.107. The summed E-state index contributed by atoms with van der Waals surface area (Å²) in [5.74, 6) is -0.230. The van der Waals surface area contributed by atoms with E-state index in [1.54, 1.807) is 0 Å². The Hall–Kier alpha value is -0.310. The maximum Gasteiger partial charge on any atom is 0.255 e. The van der Waals surface area contributed by atoms with Crippen molar-refractivity contribution in [2.24, 2.45) is 0 Å². The van der Waals surface area contributed by atoms with E-state index in [2.05, 4.69) is 0 Å². The van der Waals surface area contributed by atoms with Crippen LogP contribution < -0.4 is 0 Å². The van der Waals surface area contributed by atoms with Crippen molar-refractivity contribution in [2.75, 3.05) is 5.88 Å². The van der Waals surface area contributed by atoms with Gasteiger partial charge in [-0.1, -0.05) is 11.6 Å². The van der Waals surface area contributed by atoms with E-state index in [0.717, 1.165) is 6.07 Å². The molecule has 0 unspecified atom stereocenters. The Balaban J connectivity index is 3.19. The molecule has 0 saturated heterocycles. The van der Waals surface area contributed by atoms with Gasteiger partial charge < -0.3 is 0 Å². The van der Waals surface area contributed by atoms with E-state index in [4.69, 9.17) is 34.8 Å². The predicted molar refractivity (Wildman–Crippen MR) is 60.6 cm³/mol. The zero-order chi connectivity index (χ0) is 11.4. The normalized spacial score (nSPS) is 10.4. The molecule has 0 bridgehead atoms. The Labute approximate surface area is 102 Å². The fraction of sp³-hybridized carbons (Fsp3) is 0.300. The second-order valence-corrected chi connectivity index (χ2v) is 4.08. The monoisotopic (exact) mass is 268 g/mol. The first kappa shape index (κ1) is 12.8. The molecule has 0 aliphatic carbocycles. The Kier molecular flexibility index (Phi) is 4.84. The molecule has 0 saturated carbocycles. The first-order chi connectivity index (χ1) is 7.07. The molecule has 0 aliphatic rings. The van der Waals surface area contributed by atoms with Crippen LogP contribution in [0.4, 0.5) is 4.39 Å². The minimum Gasteiger partial charge on any atom is -0.275 e. The molecule has 82 valence electrons. The second-order valence-electron chi connectivity index (χ2n) is 2.95. The maximum absolute atomic E-state index is 13.3. The van der Waals surface area contributed by atoms with Crippen LogP contribution in [0, 0.1) is 5.82 Å². The van der Waals surface area contributed by atoms with Gasteiger partial charge in [-0.15, -0.1) is 11.6 Å². The van der Waals surface area contributed by atoms with Gasteiger partial charge in [-0.3, -0.25) is 4.79 Å². The average molecular weight is 270 g/mol. The maximum atomic E-state index is 13.3. The highest BCUT2D eigenvalue weighted by molar-refractivity contribution is 6.68. The van der Waals surface area contributed by atoms with Crippen LogP contribution in [0.2, 0.25) is 5.02 Å². The van der Waals surface area contributed by atoms with Gasteiger partial charge in [0.1, 0.15) is 5.82 Å². The molecule has 1 aromatic rings. The molecule has 5 heteroatoms. The topological polar surface area (TPSA) is 17.1 Å². The molecule has 0 fully saturated rings. The number of hydrogen-bond acceptors (Lipinski definition) is 1. The summed E-state index contributed by atoms with van der Waals surface area (Å²) in [5, 5.41) is -0.495. The third-order valence-corrected chi connectivity index (χ3v) is 2.77. The molecule has 1 aromatic carbocycles. The van der Waals surface area contributed by atoms with Gasteiger partial charge in [0, 0.05) is 10.9 Å². The summed E-state index contributed by atoms with van der Waals surface area (Å²) >= 11 is 16.7. The SMILES string of the molecule is O=C(Cl)c1c(F)ccc(Cl)c1CCCCl. The van der Waals surface area contributed by atoms with Crippen molar-refractivity contribution in [3.05, 3.63) is 34.1 Å². The number of carbonyl (C=O) groups is 1. The van der Waals surface area contributed by atoms with E-state index < -0.39 is 11.1 Å². The largest absolute Gasteiger partial charge is 0.275 e. The average Bonchev–Trinajstić information content (AvgIpc) is 2.18. The van der Waals surface area contributed by atoms with Crippen molar-refractivity contribution in [3.8, 4) is 0 Å². The van der Waals surface area contributed by atoms with E-state index in [1.807, 2.05) is 0 Å². The van der Waals surface area contributed by atoms with E-state index in [9.17, 15) is 9.18 Å². The Morgan fingerprint density at radius 1 is 1.40 bits per heavy atom. The molecular formula is C10H8Cl3FO. The van der Waals surface area contributed by atoms with Gasteiger partial charge in [0.2, 0.25) is 0 Å². The van der Waals surface area contributed by atoms with Crippen molar-refractivity contribution < 1.29 is 9.18 Å². The second kappa shape index (κ2) is 5.69. The van der Waals surface area contributed by atoms with Gasteiger partial charge >= 0.3 is 0 Å². The Morgan fingerprint density at radius 2 is 2.07 bits per heavy atom. The van der Waals surface area contributed by atoms with E-state index >= 15 is 0 Å². The summed E-state index contributed by atoms with van der Waals surface area (Å²) in [4.78, 5) is 11.0. The van der Waals surface area contributed by atoms with Crippen LogP contribution in [-0.4, -0.2) is 11.1 Å². The minimum absolute atomic E-state index is 0.144. The van der Waals surface area contributed by atoms with E-state index in [-0.39, 0.29) is 5.56 Å². The van der Waals surface area contributed by atoms with Crippen LogP contribution in [-0.2, 0) is 6.42 Å². The lowest BCUT2D eigenvalue weighted by Crippen LogP contribution is -2.03. The zero-order valence-electron chi connectivity index (χ0n) is 7.70. The highest BCUT2D eigenvalue weighted by atomic mass is 35.5. The zero-order valence-corrected chi connectivity index (χ0v) is 9.96. The van der Waals surface area contributed by atoms with Gasteiger partial charge in [0.15, 0.2) is 0 Å². The van der Waals surface area contributed by atoms with Crippen molar-refractivity contribution in [1.29, 1.82) is 0 Å². The molecule has 1 nitrogen and oxygen atoms in total. The number of hydrogen-bond donors (Lipinski definition) is 0. The van der Waals surface area contributed by atoms with Crippen LogP contribution in [0.1, 0.15) is 22.3 Å². The van der Waals surface area contributed by atoms with Crippen LogP contribution in [0.5, 0.6) is 0 Å². The fourth-order valence-corrected chi connectivity index (χ4v) is 1.88. The van der Waals surface area contributed by atoms with Gasteiger partial charge in [0.25, 0.3) is 5.24 Å². The third-order valence-electron chi connectivity index (χ3n) is 1.96. The molecule has 15 heavy (non-hydrogen) atoms. The summed E-state index contributed by atoms with van der Waals surface area (Å²) in [6.07, 6.45) is 1.05. The van der Waals surface area contributed by atoms with Crippen molar-refractivity contribution in [2.45, 2.75) is 12.8 Å². The van der Waals surface area contributed by atoms with Crippen LogP contribution >= 0.6 is 34.8 Å². The molecule has 0 aromatic heterocycles. The number of carbonyl (C=O) groups excluding carboxylic acids is 1. The molecule has 1 rings (SSSR count).